The highest BCUT2D eigenvalue weighted by Gasteiger charge is 2.17. The molecule has 0 bridgehead atoms. The topological polar surface area (TPSA) is 52.1 Å². The van der Waals surface area contributed by atoms with Crippen LogP contribution < -0.4 is 4.74 Å². The summed E-state index contributed by atoms with van der Waals surface area (Å²) in [5.41, 5.74) is 1.57. The Morgan fingerprint density at radius 3 is 2.46 bits per heavy atom. The van der Waals surface area contributed by atoms with Gasteiger partial charge in [0.2, 0.25) is 0 Å². The molecule has 0 saturated carbocycles. The predicted octanol–water partition coefficient (Wildman–Crippen LogP) is 5.02. The van der Waals surface area contributed by atoms with Crippen LogP contribution in [-0.2, 0) is 6.42 Å². The summed E-state index contributed by atoms with van der Waals surface area (Å²) in [6.45, 7) is 0. The zero-order chi connectivity index (χ0) is 17.3. The molecule has 4 nitrogen and oxygen atoms in total. The number of ketones is 1. The Bertz CT molecular complexity index is 924. The number of hydrogen-bond donors (Lipinski definition) is 0. The zero-order valence-electron chi connectivity index (χ0n) is 12.5. The predicted molar refractivity (Wildman–Crippen MR) is 95.6 cm³/mol. The molecule has 0 unspecified atom stereocenters. The van der Waals surface area contributed by atoms with E-state index in [4.69, 9.17) is 39.5 Å². The van der Waals surface area contributed by atoms with E-state index in [0.29, 0.717) is 43.0 Å². The third-order valence-corrected chi connectivity index (χ3v) is 4.46. The number of fused-ring (bicyclic) bond motifs is 1. The molecule has 2 heterocycles. The molecule has 0 atom stereocenters. The second-order valence-corrected chi connectivity index (χ2v) is 6.23. The van der Waals surface area contributed by atoms with Gasteiger partial charge in [0.25, 0.3) is 0 Å². The SMILES string of the molecule is COc1ccc(C(=O)Cc2c(Cl)cncc2Cl)c2ccc(Cl)nc12. The van der Waals surface area contributed by atoms with Gasteiger partial charge in [-0.3, -0.25) is 9.78 Å². The quantitative estimate of drug-likeness (QED) is 0.470. The molecular formula is C17H11Cl3N2O2. The van der Waals surface area contributed by atoms with E-state index < -0.39 is 0 Å². The van der Waals surface area contributed by atoms with E-state index in [2.05, 4.69) is 9.97 Å². The first-order valence-electron chi connectivity index (χ1n) is 6.95. The maximum Gasteiger partial charge on any atom is 0.168 e. The van der Waals surface area contributed by atoms with Crippen LogP contribution in [0.3, 0.4) is 0 Å². The molecule has 0 spiro atoms. The lowest BCUT2D eigenvalue weighted by atomic mass is 9.99. The summed E-state index contributed by atoms with van der Waals surface area (Å²) in [5, 5.41) is 1.69. The minimum absolute atomic E-state index is 0.0598. The molecule has 0 N–H and O–H groups in total. The monoisotopic (exact) mass is 380 g/mol. The van der Waals surface area contributed by atoms with Crippen molar-refractivity contribution in [2.24, 2.45) is 0 Å². The van der Waals surface area contributed by atoms with Crippen molar-refractivity contribution in [3.63, 3.8) is 0 Å². The highest BCUT2D eigenvalue weighted by atomic mass is 35.5. The Labute approximate surface area is 153 Å². The molecule has 1 aromatic carbocycles. The number of pyridine rings is 2. The van der Waals surface area contributed by atoms with Crippen LogP contribution in [-0.4, -0.2) is 22.9 Å². The standard InChI is InChI=1S/C17H11Cl3N2O2/c1-24-15-4-2-9(10-3-5-16(20)22-17(10)15)14(23)6-11-12(18)7-21-8-13(11)19/h2-5,7-8H,6H2,1H3. The van der Waals surface area contributed by atoms with Crippen molar-refractivity contribution in [2.45, 2.75) is 6.42 Å². The fourth-order valence-electron chi connectivity index (χ4n) is 2.44. The molecule has 0 aliphatic heterocycles. The number of carbonyl (C=O) groups excluding carboxylic acids is 1. The van der Waals surface area contributed by atoms with Crippen LogP contribution in [0.5, 0.6) is 5.75 Å². The van der Waals surface area contributed by atoms with E-state index in [9.17, 15) is 4.79 Å². The first-order chi connectivity index (χ1) is 11.5. The third-order valence-electron chi connectivity index (χ3n) is 3.60. The smallest absolute Gasteiger partial charge is 0.168 e. The van der Waals surface area contributed by atoms with Crippen molar-refractivity contribution >= 4 is 51.5 Å². The summed E-state index contributed by atoms with van der Waals surface area (Å²) in [7, 11) is 1.54. The van der Waals surface area contributed by atoms with Crippen molar-refractivity contribution in [1.82, 2.24) is 9.97 Å². The third kappa shape index (κ3) is 3.18. The van der Waals surface area contributed by atoms with Crippen LogP contribution in [0.15, 0.2) is 36.7 Å². The van der Waals surface area contributed by atoms with Crippen LogP contribution in [0, 0.1) is 0 Å². The first-order valence-corrected chi connectivity index (χ1v) is 8.09. The Kier molecular flexibility index (Phi) is 4.90. The lowest BCUT2D eigenvalue weighted by Gasteiger charge is -2.10. The number of hydrogen-bond acceptors (Lipinski definition) is 4. The first kappa shape index (κ1) is 17.0. The average molecular weight is 382 g/mol. The number of nitrogens with zero attached hydrogens (tertiary/aromatic N) is 2. The Balaban J connectivity index is 2.08. The van der Waals surface area contributed by atoms with Crippen LogP contribution >= 0.6 is 34.8 Å². The minimum Gasteiger partial charge on any atom is -0.494 e. The molecular weight excluding hydrogens is 371 g/mol. The van der Waals surface area contributed by atoms with Gasteiger partial charge in [-0.15, -0.1) is 0 Å². The molecule has 0 fully saturated rings. The number of carbonyl (C=O) groups is 1. The van der Waals surface area contributed by atoms with Gasteiger partial charge in [0.05, 0.1) is 17.2 Å². The normalized spacial score (nSPS) is 10.8. The van der Waals surface area contributed by atoms with E-state index in [-0.39, 0.29) is 12.2 Å². The molecule has 0 radical (unpaired) electrons. The summed E-state index contributed by atoms with van der Waals surface area (Å²) in [5.74, 6) is 0.408. The van der Waals surface area contributed by atoms with Gasteiger partial charge in [-0.05, 0) is 24.3 Å². The molecule has 122 valence electrons. The minimum atomic E-state index is -0.137. The Hall–Kier alpha value is -1.88. The van der Waals surface area contributed by atoms with E-state index in [1.54, 1.807) is 24.3 Å². The van der Waals surface area contributed by atoms with Crippen molar-refractivity contribution in [1.29, 1.82) is 0 Å². The number of ether oxygens (including phenoxy) is 1. The molecule has 24 heavy (non-hydrogen) atoms. The molecule has 0 saturated heterocycles. The molecule has 2 aromatic heterocycles. The summed E-state index contributed by atoms with van der Waals surface area (Å²) >= 11 is 18.2. The number of methoxy groups -OCH3 is 1. The van der Waals surface area contributed by atoms with Gasteiger partial charge in [-0.1, -0.05) is 34.8 Å². The lowest BCUT2D eigenvalue weighted by molar-refractivity contribution is 0.0994. The van der Waals surface area contributed by atoms with Gasteiger partial charge in [0.1, 0.15) is 16.4 Å². The Morgan fingerprint density at radius 2 is 1.79 bits per heavy atom. The highest BCUT2D eigenvalue weighted by molar-refractivity contribution is 6.36. The molecule has 3 rings (SSSR count). The van der Waals surface area contributed by atoms with Crippen LogP contribution in [0.1, 0.15) is 15.9 Å². The van der Waals surface area contributed by atoms with Crippen molar-refractivity contribution in [2.75, 3.05) is 7.11 Å². The number of benzene rings is 1. The fraction of sp³-hybridized carbons (Fsp3) is 0.118. The highest BCUT2D eigenvalue weighted by Crippen LogP contribution is 2.30. The van der Waals surface area contributed by atoms with Gasteiger partial charge < -0.3 is 4.74 Å². The largest absolute Gasteiger partial charge is 0.494 e. The van der Waals surface area contributed by atoms with E-state index >= 15 is 0 Å². The Morgan fingerprint density at radius 1 is 1.08 bits per heavy atom. The van der Waals surface area contributed by atoms with E-state index in [1.165, 1.54) is 19.5 Å². The maximum absolute atomic E-state index is 12.8. The van der Waals surface area contributed by atoms with Crippen molar-refractivity contribution < 1.29 is 9.53 Å². The second-order valence-electron chi connectivity index (χ2n) is 5.03. The lowest BCUT2D eigenvalue weighted by Crippen LogP contribution is -2.06. The number of aromatic nitrogens is 2. The van der Waals surface area contributed by atoms with E-state index in [1.807, 2.05) is 0 Å². The van der Waals surface area contributed by atoms with E-state index in [0.717, 1.165) is 0 Å². The summed E-state index contributed by atoms with van der Waals surface area (Å²) in [6.07, 6.45) is 2.98. The van der Waals surface area contributed by atoms with Crippen molar-refractivity contribution in [3.8, 4) is 5.75 Å². The molecule has 0 amide bonds. The molecule has 0 aliphatic rings. The number of Topliss-reactive ketones (excluding diaryl/α,β-unsaturated/α-hetero) is 1. The van der Waals surface area contributed by atoms with Crippen LogP contribution in [0.4, 0.5) is 0 Å². The molecule has 3 aromatic rings. The van der Waals surface area contributed by atoms with Gasteiger partial charge in [0, 0.05) is 35.3 Å². The summed E-state index contributed by atoms with van der Waals surface area (Å²) in [6, 6.07) is 6.76. The van der Waals surface area contributed by atoms with Crippen LogP contribution in [0.25, 0.3) is 10.9 Å². The molecule has 7 heteroatoms. The maximum atomic E-state index is 12.8. The van der Waals surface area contributed by atoms with Crippen molar-refractivity contribution in [3.05, 3.63) is 63.0 Å². The summed E-state index contributed by atoms with van der Waals surface area (Å²) in [4.78, 5) is 20.9. The average Bonchev–Trinajstić information content (AvgIpc) is 2.57. The van der Waals surface area contributed by atoms with Crippen LogP contribution in [0.2, 0.25) is 15.2 Å². The summed E-state index contributed by atoms with van der Waals surface area (Å²) < 4.78 is 5.29. The van der Waals surface area contributed by atoms with Gasteiger partial charge in [0.15, 0.2) is 5.78 Å². The zero-order valence-corrected chi connectivity index (χ0v) is 14.8. The second kappa shape index (κ2) is 6.93. The van der Waals surface area contributed by atoms with Gasteiger partial charge >= 0.3 is 0 Å². The number of halogens is 3. The number of rotatable bonds is 4. The fourth-order valence-corrected chi connectivity index (χ4v) is 3.08. The van der Waals surface area contributed by atoms with Gasteiger partial charge in [-0.2, -0.15) is 0 Å². The van der Waals surface area contributed by atoms with Gasteiger partial charge in [-0.25, -0.2) is 4.98 Å². The molecule has 0 aliphatic carbocycles.